The van der Waals surface area contributed by atoms with Gasteiger partial charge in [0.25, 0.3) is 0 Å². The molecule has 0 bridgehead atoms. The maximum atomic E-state index is 13.9. The Bertz CT molecular complexity index is 1030. The summed E-state index contributed by atoms with van der Waals surface area (Å²) in [6.45, 7) is 8.69. The van der Waals surface area contributed by atoms with Crippen LogP contribution < -0.4 is 0 Å². The average molecular weight is 521 g/mol. The highest BCUT2D eigenvalue weighted by Gasteiger charge is 2.73. The largest absolute Gasteiger partial charge is 0.457 e. The first-order valence-electron chi connectivity index (χ1n) is 13.0. The summed E-state index contributed by atoms with van der Waals surface area (Å²) in [5, 5.41) is 11.4. The van der Waals surface area contributed by atoms with Crippen LogP contribution in [0.1, 0.15) is 66.7 Å². The highest BCUT2D eigenvalue weighted by Crippen LogP contribution is 2.69. The van der Waals surface area contributed by atoms with E-state index >= 15 is 0 Å². The summed E-state index contributed by atoms with van der Waals surface area (Å²) >= 11 is 7.04. The number of ketones is 2. The normalized spacial score (nSPS) is 43.1. The molecule has 0 aromatic rings. The van der Waals surface area contributed by atoms with Crippen molar-refractivity contribution in [2.75, 3.05) is 6.61 Å². The number of carbonyl (C=O) groups excluding carboxylic acids is 4. The second-order valence-electron chi connectivity index (χ2n) is 11.4. The number of ether oxygens (including phenoxy) is 2. The molecule has 3 unspecified atom stereocenters. The highest BCUT2D eigenvalue weighted by molar-refractivity contribution is 6.21. The fraction of sp³-hybridized carbons (Fsp3) is 0.714. The fourth-order valence-corrected chi connectivity index (χ4v) is 8.54. The van der Waals surface area contributed by atoms with Gasteiger partial charge in [0.05, 0.1) is 6.10 Å². The minimum atomic E-state index is -1.54. The molecule has 3 fully saturated rings. The quantitative estimate of drug-likeness (QED) is 0.417. The van der Waals surface area contributed by atoms with Crippen LogP contribution >= 0.6 is 11.6 Å². The molecule has 0 spiro atoms. The molecule has 0 radical (unpaired) electrons. The Morgan fingerprint density at radius 3 is 2.47 bits per heavy atom. The predicted molar refractivity (Wildman–Crippen MR) is 133 cm³/mol. The molecule has 0 heterocycles. The van der Waals surface area contributed by atoms with Crippen LogP contribution in [0.5, 0.6) is 0 Å². The smallest absolute Gasteiger partial charge is 0.306 e. The molecule has 4 rings (SSSR count). The van der Waals surface area contributed by atoms with Crippen molar-refractivity contribution in [3.63, 3.8) is 0 Å². The van der Waals surface area contributed by atoms with Crippen LogP contribution in [0.25, 0.3) is 0 Å². The van der Waals surface area contributed by atoms with Gasteiger partial charge in [0.15, 0.2) is 18.0 Å². The Labute approximate surface area is 217 Å². The van der Waals surface area contributed by atoms with Gasteiger partial charge in [-0.1, -0.05) is 46.3 Å². The summed E-state index contributed by atoms with van der Waals surface area (Å²) in [6.07, 6.45) is 5.79. The molecule has 4 aliphatic carbocycles. The molecule has 7 nitrogen and oxygen atoms in total. The third kappa shape index (κ3) is 3.80. The van der Waals surface area contributed by atoms with E-state index in [1.165, 1.54) is 0 Å². The van der Waals surface area contributed by atoms with E-state index in [0.29, 0.717) is 12.8 Å². The minimum Gasteiger partial charge on any atom is -0.457 e. The molecular weight excluding hydrogens is 484 g/mol. The molecule has 198 valence electrons. The molecule has 8 heteroatoms. The number of fused-ring (bicyclic) bond motifs is 5. The van der Waals surface area contributed by atoms with Gasteiger partial charge in [0, 0.05) is 40.9 Å². The summed E-state index contributed by atoms with van der Waals surface area (Å²) < 4.78 is 11.3. The molecule has 4 aliphatic rings. The molecule has 0 saturated heterocycles. The van der Waals surface area contributed by atoms with E-state index in [9.17, 15) is 24.3 Å². The molecule has 36 heavy (non-hydrogen) atoms. The zero-order valence-corrected chi connectivity index (χ0v) is 22.5. The standard InChI is InChI=1S/C28H37ClO7/c1-6-22(33)35-14-21(32)28(36-23(34)7-2)15(3)10-18-24-19(29)12-16-11-17(30)8-9-26(16,4)25(24)20(31)13-27(18,28)5/h8-9,11,15,18-20,24-25,31H,6-7,10,12-14H2,1-5H3/t15?,18-,19?,20?,24+,25-,26-,27-,28-/m0/s1. The van der Waals surface area contributed by atoms with Gasteiger partial charge in [-0.2, -0.15) is 0 Å². The second-order valence-corrected chi connectivity index (χ2v) is 12.0. The Hall–Kier alpha value is -1.99. The first-order valence-corrected chi connectivity index (χ1v) is 13.5. The summed E-state index contributed by atoms with van der Waals surface area (Å²) in [5.74, 6) is -2.44. The lowest BCUT2D eigenvalue weighted by molar-refractivity contribution is -0.205. The number of aliphatic hydroxyl groups is 1. The number of allylic oxidation sites excluding steroid dienone is 4. The molecule has 0 aromatic heterocycles. The van der Waals surface area contributed by atoms with Gasteiger partial charge in [-0.15, -0.1) is 11.6 Å². The van der Waals surface area contributed by atoms with Crippen LogP contribution in [0, 0.1) is 34.5 Å². The summed E-state index contributed by atoms with van der Waals surface area (Å²) in [5.41, 5.74) is -2.06. The monoisotopic (exact) mass is 520 g/mol. The topological polar surface area (TPSA) is 107 Å². The zero-order valence-electron chi connectivity index (χ0n) is 21.7. The maximum Gasteiger partial charge on any atom is 0.306 e. The van der Waals surface area contributed by atoms with Crippen LogP contribution in [0.4, 0.5) is 0 Å². The lowest BCUT2D eigenvalue weighted by atomic mass is 9.46. The Kier molecular flexibility index (Phi) is 7.06. The first-order chi connectivity index (χ1) is 16.9. The second kappa shape index (κ2) is 9.39. The zero-order chi connectivity index (χ0) is 26.6. The van der Waals surface area contributed by atoms with Crippen molar-refractivity contribution in [1.82, 2.24) is 0 Å². The fourth-order valence-electron chi connectivity index (χ4n) is 8.04. The van der Waals surface area contributed by atoms with E-state index < -0.39 is 46.9 Å². The molecule has 1 N–H and O–H groups in total. The minimum absolute atomic E-state index is 0.0767. The Morgan fingerprint density at radius 1 is 1.17 bits per heavy atom. The van der Waals surface area contributed by atoms with Crippen molar-refractivity contribution in [2.24, 2.45) is 34.5 Å². The number of halogens is 1. The van der Waals surface area contributed by atoms with E-state index in [-0.39, 0.29) is 54.1 Å². The van der Waals surface area contributed by atoms with Gasteiger partial charge >= 0.3 is 11.9 Å². The van der Waals surface area contributed by atoms with Gasteiger partial charge in [-0.3, -0.25) is 19.2 Å². The third-order valence-electron chi connectivity index (χ3n) is 9.65. The Balaban J connectivity index is 1.79. The van der Waals surface area contributed by atoms with E-state index in [0.717, 1.165) is 5.57 Å². The number of rotatable bonds is 6. The van der Waals surface area contributed by atoms with Crippen LogP contribution in [0.2, 0.25) is 0 Å². The van der Waals surface area contributed by atoms with Gasteiger partial charge in [0.1, 0.15) is 0 Å². The van der Waals surface area contributed by atoms with Crippen molar-refractivity contribution in [1.29, 1.82) is 0 Å². The lowest BCUT2D eigenvalue weighted by Crippen LogP contribution is -2.65. The lowest BCUT2D eigenvalue weighted by Gasteiger charge is -2.61. The first kappa shape index (κ1) is 27.1. The van der Waals surface area contributed by atoms with Gasteiger partial charge in [0.2, 0.25) is 5.78 Å². The van der Waals surface area contributed by atoms with Crippen LogP contribution in [0.15, 0.2) is 23.8 Å². The van der Waals surface area contributed by atoms with Crippen LogP contribution in [-0.4, -0.2) is 52.3 Å². The number of hydrogen-bond acceptors (Lipinski definition) is 7. The number of aliphatic hydroxyl groups excluding tert-OH is 1. The van der Waals surface area contributed by atoms with Crippen LogP contribution in [0.3, 0.4) is 0 Å². The number of alkyl halides is 1. The molecule has 0 aromatic carbocycles. The van der Waals surface area contributed by atoms with E-state index in [4.69, 9.17) is 21.1 Å². The van der Waals surface area contributed by atoms with Crippen molar-refractivity contribution in [2.45, 2.75) is 83.8 Å². The molecule has 9 atom stereocenters. The number of esters is 2. The van der Waals surface area contributed by atoms with Crippen molar-refractivity contribution < 1.29 is 33.8 Å². The third-order valence-corrected chi connectivity index (χ3v) is 10.1. The maximum absolute atomic E-state index is 13.9. The summed E-state index contributed by atoms with van der Waals surface area (Å²) in [6, 6.07) is 0. The summed E-state index contributed by atoms with van der Waals surface area (Å²) in [4.78, 5) is 50.5. The predicted octanol–water partition coefficient (Wildman–Crippen LogP) is 3.94. The van der Waals surface area contributed by atoms with Crippen molar-refractivity contribution >= 4 is 35.1 Å². The molecule has 0 aliphatic heterocycles. The molecule has 0 amide bonds. The molecule has 3 saturated carbocycles. The van der Waals surface area contributed by atoms with Crippen molar-refractivity contribution in [3.8, 4) is 0 Å². The highest BCUT2D eigenvalue weighted by atomic mass is 35.5. The summed E-state index contributed by atoms with van der Waals surface area (Å²) in [7, 11) is 0. The van der Waals surface area contributed by atoms with Crippen LogP contribution in [-0.2, 0) is 28.7 Å². The van der Waals surface area contributed by atoms with E-state index in [1.54, 1.807) is 26.0 Å². The number of carbonyl (C=O) groups is 4. The van der Waals surface area contributed by atoms with Gasteiger partial charge in [-0.25, -0.2) is 0 Å². The van der Waals surface area contributed by atoms with Crippen molar-refractivity contribution in [3.05, 3.63) is 23.8 Å². The number of Topliss-reactive ketones (excluding diaryl/α,β-unsaturated/α-hetero) is 1. The molecular formula is C28H37ClO7. The van der Waals surface area contributed by atoms with E-state index in [2.05, 4.69) is 0 Å². The van der Waals surface area contributed by atoms with E-state index in [1.807, 2.05) is 26.8 Å². The van der Waals surface area contributed by atoms with Gasteiger partial charge < -0.3 is 14.6 Å². The SMILES string of the molecule is CCC(=O)OCC(=O)[C@@]1(OC(=O)CC)C(C)C[C@H]2[C@@H]3C(Cl)CC4=CC(=O)C=C[C@]4(C)[C@H]3C(O)C[C@@]21C. The number of hydrogen-bond donors (Lipinski definition) is 1. The Morgan fingerprint density at radius 2 is 1.83 bits per heavy atom. The van der Waals surface area contributed by atoms with Gasteiger partial charge in [-0.05, 0) is 43.3 Å². The average Bonchev–Trinajstić information content (AvgIpc) is 3.04.